The van der Waals surface area contributed by atoms with Crippen molar-refractivity contribution >= 4 is 17.7 Å². The van der Waals surface area contributed by atoms with Crippen LogP contribution >= 0.6 is 0 Å². The van der Waals surface area contributed by atoms with Gasteiger partial charge in [0.15, 0.2) is 0 Å². The topological polar surface area (TPSA) is 64.2 Å². The highest BCUT2D eigenvalue weighted by Crippen LogP contribution is 2.22. The molecule has 3 fully saturated rings. The number of nitrogens with zero attached hydrogens (tertiary/aromatic N) is 4. The molecule has 0 spiro atoms. The Kier molecular flexibility index (Phi) is 7.45. The third kappa shape index (κ3) is 5.49. The van der Waals surface area contributed by atoms with Crippen LogP contribution in [0.5, 0.6) is 0 Å². The zero-order chi connectivity index (χ0) is 22.5. The van der Waals surface area contributed by atoms with Gasteiger partial charge in [0.1, 0.15) is 0 Å². The van der Waals surface area contributed by atoms with Crippen LogP contribution in [0.4, 0.5) is 0 Å². The minimum Gasteiger partial charge on any atom is -0.342 e. The largest absolute Gasteiger partial charge is 0.342 e. The first-order valence-electron chi connectivity index (χ1n) is 12.2. The third-order valence-corrected chi connectivity index (χ3v) is 7.11. The van der Waals surface area contributed by atoms with Gasteiger partial charge in [0.25, 0.3) is 5.91 Å². The molecule has 7 heteroatoms. The van der Waals surface area contributed by atoms with Gasteiger partial charge in [-0.2, -0.15) is 0 Å². The Balaban J connectivity index is 1.23. The molecule has 4 rings (SSSR count). The lowest BCUT2D eigenvalue weighted by molar-refractivity contribution is -0.140. The van der Waals surface area contributed by atoms with E-state index in [1.165, 1.54) is 0 Å². The van der Waals surface area contributed by atoms with Crippen molar-refractivity contribution in [1.29, 1.82) is 0 Å². The summed E-state index contributed by atoms with van der Waals surface area (Å²) in [6.07, 6.45) is 4.66. The summed E-state index contributed by atoms with van der Waals surface area (Å²) in [4.78, 5) is 46.4. The highest BCUT2D eigenvalue weighted by Gasteiger charge is 2.32. The van der Waals surface area contributed by atoms with E-state index in [1.807, 2.05) is 45.9 Å². The molecule has 0 atom stereocenters. The Morgan fingerprint density at radius 1 is 0.812 bits per heavy atom. The molecular weight excluding hydrogens is 404 g/mol. The second-order valence-corrected chi connectivity index (χ2v) is 9.48. The second-order valence-electron chi connectivity index (χ2n) is 9.48. The van der Waals surface area contributed by atoms with Gasteiger partial charge in [-0.1, -0.05) is 17.7 Å². The van der Waals surface area contributed by atoms with Gasteiger partial charge in [-0.15, -0.1) is 0 Å². The fourth-order valence-corrected chi connectivity index (χ4v) is 5.16. The lowest BCUT2D eigenvalue weighted by Crippen LogP contribution is -2.47. The number of carbonyl (C=O) groups excluding carboxylic acids is 3. The van der Waals surface area contributed by atoms with Crippen molar-refractivity contribution in [3.8, 4) is 0 Å². The van der Waals surface area contributed by atoms with Crippen molar-refractivity contribution in [3.63, 3.8) is 0 Å². The van der Waals surface area contributed by atoms with Crippen molar-refractivity contribution in [2.24, 2.45) is 5.92 Å². The van der Waals surface area contributed by atoms with Crippen molar-refractivity contribution in [2.45, 2.75) is 39.0 Å². The van der Waals surface area contributed by atoms with Crippen molar-refractivity contribution in [2.75, 3.05) is 58.9 Å². The summed E-state index contributed by atoms with van der Waals surface area (Å²) >= 11 is 0. The fourth-order valence-electron chi connectivity index (χ4n) is 5.16. The molecule has 3 aliphatic rings. The average Bonchev–Trinajstić information content (AvgIpc) is 3.25. The van der Waals surface area contributed by atoms with E-state index < -0.39 is 0 Å². The highest BCUT2D eigenvalue weighted by atomic mass is 16.2. The van der Waals surface area contributed by atoms with Crippen molar-refractivity contribution in [1.82, 2.24) is 19.6 Å². The van der Waals surface area contributed by atoms with Crippen molar-refractivity contribution in [3.05, 3.63) is 35.4 Å². The third-order valence-electron chi connectivity index (χ3n) is 7.11. The summed E-state index contributed by atoms with van der Waals surface area (Å²) in [6.45, 7) is 8.46. The Hall–Kier alpha value is -2.41. The van der Waals surface area contributed by atoms with E-state index >= 15 is 0 Å². The van der Waals surface area contributed by atoms with Gasteiger partial charge in [0, 0.05) is 63.8 Å². The molecule has 7 nitrogen and oxygen atoms in total. The van der Waals surface area contributed by atoms with E-state index in [-0.39, 0.29) is 17.7 Å². The van der Waals surface area contributed by atoms with Crippen LogP contribution in [0.25, 0.3) is 0 Å². The number of aryl methyl sites for hydroxylation is 1. The number of likely N-dealkylation sites (tertiary alicyclic amines) is 2. The monoisotopic (exact) mass is 440 g/mol. The van der Waals surface area contributed by atoms with E-state index in [4.69, 9.17) is 0 Å². The smallest absolute Gasteiger partial charge is 0.253 e. The zero-order valence-electron chi connectivity index (χ0n) is 19.3. The lowest BCUT2D eigenvalue weighted by Gasteiger charge is -2.34. The van der Waals surface area contributed by atoms with Crippen LogP contribution in [0.3, 0.4) is 0 Å². The predicted octanol–water partition coefficient (Wildman–Crippen LogP) is 2.00. The van der Waals surface area contributed by atoms with Crippen LogP contribution in [0.2, 0.25) is 0 Å². The number of hydrogen-bond acceptors (Lipinski definition) is 4. The fraction of sp³-hybridized carbons (Fsp3) is 0.640. The minimum absolute atomic E-state index is 0.0756. The standard InChI is InChI=1S/C25H36N4O3/c1-20-6-4-7-22(18-20)25(32)29-13-5-10-26(16-17-29)19-23(30)27-14-8-21(9-15-27)24(31)28-11-2-3-12-28/h4,6-7,18,21H,2-3,5,8-17,19H2,1H3. The number of rotatable bonds is 4. The molecule has 0 bridgehead atoms. The van der Waals surface area contributed by atoms with Gasteiger partial charge < -0.3 is 14.7 Å². The molecule has 1 aromatic rings. The normalized spacial score (nSPS) is 21.0. The Morgan fingerprint density at radius 2 is 1.53 bits per heavy atom. The van der Waals surface area contributed by atoms with Crippen LogP contribution in [-0.4, -0.2) is 96.2 Å². The number of piperidine rings is 1. The molecule has 3 amide bonds. The summed E-state index contributed by atoms with van der Waals surface area (Å²) in [5.41, 5.74) is 1.82. The van der Waals surface area contributed by atoms with E-state index in [0.29, 0.717) is 38.6 Å². The maximum absolute atomic E-state index is 12.9. The molecule has 0 N–H and O–H groups in total. The number of benzene rings is 1. The molecule has 0 unspecified atom stereocenters. The van der Waals surface area contributed by atoms with E-state index in [0.717, 1.165) is 69.4 Å². The number of amides is 3. The first-order chi connectivity index (χ1) is 15.5. The van der Waals surface area contributed by atoms with E-state index in [9.17, 15) is 14.4 Å². The van der Waals surface area contributed by atoms with Crippen LogP contribution in [0.1, 0.15) is 48.0 Å². The summed E-state index contributed by atoms with van der Waals surface area (Å²) in [5, 5.41) is 0. The summed E-state index contributed by atoms with van der Waals surface area (Å²) in [5.74, 6) is 0.596. The second kappa shape index (κ2) is 10.5. The Bertz CT molecular complexity index is 828. The molecule has 3 saturated heterocycles. The minimum atomic E-state index is 0.0756. The molecule has 1 aromatic carbocycles. The predicted molar refractivity (Wildman–Crippen MR) is 123 cm³/mol. The quantitative estimate of drug-likeness (QED) is 0.719. The van der Waals surface area contributed by atoms with Crippen LogP contribution in [-0.2, 0) is 9.59 Å². The molecule has 3 aliphatic heterocycles. The summed E-state index contributed by atoms with van der Waals surface area (Å²) in [7, 11) is 0. The molecule has 0 aromatic heterocycles. The van der Waals surface area contributed by atoms with Gasteiger partial charge in [-0.25, -0.2) is 0 Å². The van der Waals surface area contributed by atoms with Crippen molar-refractivity contribution < 1.29 is 14.4 Å². The number of carbonyl (C=O) groups is 3. The number of hydrogen-bond donors (Lipinski definition) is 0. The van der Waals surface area contributed by atoms with E-state index in [1.54, 1.807) is 0 Å². The molecule has 0 radical (unpaired) electrons. The van der Waals surface area contributed by atoms with Crippen LogP contribution in [0.15, 0.2) is 24.3 Å². The summed E-state index contributed by atoms with van der Waals surface area (Å²) in [6, 6.07) is 7.73. The maximum atomic E-state index is 12.9. The van der Waals surface area contributed by atoms with Gasteiger partial charge in [-0.3, -0.25) is 19.3 Å². The maximum Gasteiger partial charge on any atom is 0.253 e. The highest BCUT2D eigenvalue weighted by molar-refractivity contribution is 5.94. The van der Waals surface area contributed by atoms with Crippen LogP contribution in [0, 0.1) is 12.8 Å². The molecule has 174 valence electrons. The molecule has 0 aliphatic carbocycles. The lowest BCUT2D eigenvalue weighted by atomic mass is 9.95. The zero-order valence-corrected chi connectivity index (χ0v) is 19.3. The average molecular weight is 441 g/mol. The molecule has 3 heterocycles. The summed E-state index contributed by atoms with van der Waals surface area (Å²) < 4.78 is 0. The SMILES string of the molecule is Cc1cccc(C(=O)N2CCCN(CC(=O)N3CCC(C(=O)N4CCCC4)CC3)CC2)c1. The Labute approximate surface area is 191 Å². The molecule has 0 saturated carbocycles. The van der Waals surface area contributed by atoms with Gasteiger partial charge in [0.2, 0.25) is 11.8 Å². The van der Waals surface area contributed by atoms with Gasteiger partial charge in [-0.05, 0) is 51.2 Å². The first kappa shape index (κ1) is 22.8. The van der Waals surface area contributed by atoms with E-state index in [2.05, 4.69) is 4.90 Å². The van der Waals surface area contributed by atoms with Crippen LogP contribution < -0.4 is 0 Å². The van der Waals surface area contributed by atoms with Gasteiger partial charge >= 0.3 is 0 Å². The Morgan fingerprint density at radius 3 is 2.25 bits per heavy atom. The molecular formula is C25H36N4O3. The first-order valence-corrected chi connectivity index (χ1v) is 12.2. The van der Waals surface area contributed by atoms with Gasteiger partial charge in [0.05, 0.1) is 6.54 Å². The molecule has 32 heavy (non-hydrogen) atoms.